The summed E-state index contributed by atoms with van der Waals surface area (Å²) in [5.41, 5.74) is 0.616. The monoisotopic (exact) mass is 333 g/mol. The van der Waals surface area contributed by atoms with Gasteiger partial charge in [0.1, 0.15) is 0 Å². The number of nitrogens with zero attached hydrogens (tertiary/aromatic N) is 1. The number of carbonyl (C=O) groups excluding carboxylic acids is 1. The van der Waals surface area contributed by atoms with Gasteiger partial charge in [-0.15, -0.1) is 0 Å². The largest absolute Gasteiger partial charge is 0.335 e. The van der Waals surface area contributed by atoms with Crippen LogP contribution in [0.1, 0.15) is 31.1 Å². The standard InChI is InChI=1S/C18H23NO3S/c1-4-19(14(3)13-23(21,22)5-2)18(20)17-12-8-10-15-9-6-7-11-16(15)17/h6-12,14H,4-5,13H2,1-3H3. The lowest BCUT2D eigenvalue weighted by molar-refractivity contribution is 0.0721. The second-order valence-corrected chi connectivity index (χ2v) is 8.06. The van der Waals surface area contributed by atoms with Crippen molar-refractivity contribution >= 4 is 26.5 Å². The molecule has 1 unspecified atom stereocenters. The lowest BCUT2D eigenvalue weighted by Crippen LogP contribution is -2.42. The summed E-state index contributed by atoms with van der Waals surface area (Å²) < 4.78 is 23.7. The molecule has 124 valence electrons. The maximum absolute atomic E-state index is 12.9. The minimum atomic E-state index is -3.13. The van der Waals surface area contributed by atoms with Crippen LogP contribution in [-0.2, 0) is 9.84 Å². The summed E-state index contributed by atoms with van der Waals surface area (Å²) in [6.45, 7) is 5.77. The molecule has 4 nitrogen and oxygen atoms in total. The SMILES string of the molecule is CCN(C(=O)c1cccc2ccccc12)C(C)CS(=O)(=O)CC. The molecule has 0 heterocycles. The fourth-order valence-electron chi connectivity index (χ4n) is 2.80. The molecule has 1 amide bonds. The summed E-state index contributed by atoms with van der Waals surface area (Å²) in [5, 5.41) is 1.90. The van der Waals surface area contributed by atoms with Crippen molar-refractivity contribution in [1.82, 2.24) is 4.90 Å². The number of carbonyl (C=O) groups is 1. The van der Waals surface area contributed by atoms with Crippen LogP contribution in [0, 0.1) is 0 Å². The van der Waals surface area contributed by atoms with E-state index in [4.69, 9.17) is 0 Å². The molecule has 0 aliphatic heterocycles. The Bertz CT molecular complexity index is 794. The summed E-state index contributed by atoms with van der Waals surface area (Å²) >= 11 is 0. The van der Waals surface area contributed by atoms with Crippen LogP contribution >= 0.6 is 0 Å². The average molecular weight is 333 g/mol. The van der Waals surface area contributed by atoms with E-state index in [1.807, 2.05) is 43.3 Å². The molecule has 0 aliphatic carbocycles. The molecule has 0 saturated heterocycles. The Balaban J connectivity index is 2.36. The molecule has 0 saturated carbocycles. The number of hydrogen-bond acceptors (Lipinski definition) is 3. The first-order valence-electron chi connectivity index (χ1n) is 7.88. The Hall–Kier alpha value is -1.88. The normalized spacial score (nSPS) is 13.0. The highest BCUT2D eigenvalue weighted by Crippen LogP contribution is 2.21. The summed E-state index contributed by atoms with van der Waals surface area (Å²) in [4.78, 5) is 14.6. The van der Waals surface area contributed by atoms with Crippen molar-refractivity contribution in [2.24, 2.45) is 0 Å². The Morgan fingerprint density at radius 1 is 1.09 bits per heavy atom. The molecule has 0 radical (unpaired) electrons. The van der Waals surface area contributed by atoms with Gasteiger partial charge in [-0.25, -0.2) is 8.42 Å². The first-order valence-corrected chi connectivity index (χ1v) is 9.71. The van der Waals surface area contributed by atoms with Crippen molar-refractivity contribution in [1.29, 1.82) is 0 Å². The predicted molar refractivity (Wildman–Crippen MR) is 94.4 cm³/mol. The molecule has 0 spiro atoms. The topological polar surface area (TPSA) is 54.5 Å². The summed E-state index contributed by atoms with van der Waals surface area (Å²) in [6, 6.07) is 13.0. The van der Waals surface area contributed by atoms with Crippen LogP contribution in [0.4, 0.5) is 0 Å². The molecule has 1 atom stereocenters. The molecule has 0 bridgehead atoms. The van der Waals surface area contributed by atoms with E-state index >= 15 is 0 Å². The second kappa shape index (κ2) is 7.13. The van der Waals surface area contributed by atoms with Gasteiger partial charge in [-0.1, -0.05) is 43.3 Å². The van der Waals surface area contributed by atoms with Crippen LogP contribution in [-0.4, -0.2) is 43.3 Å². The van der Waals surface area contributed by atoms with Crippen LogP contribution < -0.4 is 0 Å². The highest BCUT2D eigenvalue weighted by Gasteiger charge is 2.25. The van der Waals surface area contributed by atoms with Gasteiger partial charge >= 0.3 is 0 Å². The number of fused-ring (bicyclic) bond motifs is 1. The van der Waals surface area contributed by atoms with Crippen LogP contribution in [0.25, 0.3) is 10.8 Å². The van der Waals surface area contributed by atoms with E-state index in [0.717, 1.165) is 10.8 Å². The quantitative estimate of drug-likeness (QED) is 0.816. The third-order valence-electron chi connectivity index (χ3n) is 4.09. The van der Waals surface area contributed by atoms with Crippen LogP contribution in [0.3, 0.4) is 0 Å². The molecular weight excluding hydrogens is 310 g/mol. The number of amides is 1. The molecule has 2 aromatic rings. The highest BCUT2D eigenvalue weighted by atomic mass is 32.2. The molecular formula is C18H23NO3S. The Kier molecular flexibility index (Phi) is 5.42. The first-order chi connectivity index (χ1) is 10.9. The van der Waals surface area contributed by atoms with E-state index in [2.05, 4.69) is 0 Å². The average Bonchev–Trinajstić information content (AvgIpc) is 2.54. The lowest BCUT2D eigenvalue weighted by atomic mass is 10.0. The van der Waals surface area contributed by atoms with Crippen molar-refractivity contribution < 1.29 is 13.2 Å². The van der Waals surface area contributed by atoms with Gasteiger partial charge < -0.3 is 4.90 Å². The van der Waals surface area contributed by atoms with Gasteiger partial charge in [0.25, 0.3) is 5.91 Å². The molecule has 2 aromatic carbocycles. The maximum atomic E-state index is 12.9. The fourth-order valence-corrected chi connectivity index (χ4v) is 3.95. The van der Waals surface area contributed by atoms with E-state index in [9.17, 15) is 13.2 Å². The molecule has 0 N–H and O–H groups in total. The fraction of sp³-hybridized carbons (Fsp3) is 0.389. The van der Waals surface area contributed by atoms with Crippen LogP contribution in [0.5, 0.6) is 0 Å². The number of benzene rings is 2. The van der Waals surface area contributed by atoms with Crippen molar-refractivity contribution in [3.63, 3.8) is 0 Å². The zero-order valence-electron chi connectivity index (χ0n) is 13.8. The van der Waals surface area contributed by atoms with Gasteiger partial charge in [-0.3, -0.25) is 4.79 Å². The second-order valence-electron chi connectivity index (χ2n) is 5.67. The van der Waals surface area contributed by atoms with Crippen molar-refractivity contribution in [2.45, 2.75) is 26.8 Å². The summed E-state index contributed by atoms with van der Waals surface area (Å²) in [6.07, 6.45) is 0. The third-order valence-corrected chi connectivity index (χ3v) is 5.96. The van der Waals surface area contributed by atoms with Gasteiger partial charge in [0.05, 0.1) is 5.75 Å². The Labute approximate surface area is 138 Å². The van der Waals surface area contributed by atoms with E-state index < -0.39 is 9.84 Å². The number of sulfone groups is 1. The van der Waals surface area contributed by atoms with Gasteiger partial charge in [0.2, 0.25) is 0 Å². The lowest BCUT2D eigenvalue weighted by Gasteiger charge is -2.28. The molecule has 0 fully saturated rings. The summed E-state index contributed by atoms with van der Waals surface area (Å²) in [7, 11) is -3.13. The highest BCUT2D eigenvalue weighted by molar-refractivity contribution is 7.91. The number of hydrogen-bond donors (Lipinski definition) is 0. The van der Waals surface area contributed by atoms with Crippen molar-refractivity contribution in [3.05, 3.63) is 48.0 Å². The third kappa shape index (κ3) is 3.91. The van der Waals surface area contributed by atoms with E-state index in [1.165, 1.54) is 0 Å². The van der Waals surface area contributed by atoms with Crippen molar-refractivity contribution in [2.75, 3.05) is 18.1 Å². The van der Waals surface area contributed by atoms with E-state index in [-0.39, 0.29) is 23.5 Å². The zero-order valence-corrected chi connectivity index (χ0v) is 14.6. The van der Waals surface area contributed by atoms with Crippen molar-refractivity contribution in [3.8, 4) is 0 Å². The summed E-state index contributed by atoms with van der Waals surface area (Å²) in [5.74, 6) is -0.0336. The molecule has 0 aliphatic rings. The molecule has 0 aromatic heterocycles. The van der Waals surface area contributed by atoms with Gasteiger partial charge in [0.15, 0.2) is 9.84 Å². The smallest absolute Gasteiger partial charge is 0.254 e. The van der Waals surface area contributed by atoms with E-state index in [1.54, 1.807) is 24.8 Å². The maximum Gasteiger partial charge on any atom is 0.254 e. The Morgan fingerprint density at radius 2 is 1.74 bits per heavy atom. The van der Waals surface area contributed by atoms with Crippen LogP contribution in [0.2, 0.25) is 0 Å². The van der Waals surface area contributed by atoms with Gasteiger partial charge in [-0.05, 0) is 30.7 Å². The van der Waals surface area contributed by atoms with Gasteiger partial charge in [0, 0.05) is 23.9 Å². The molecule has 2 rings (SSSR count). The minimum Gasteiger partial charge on any atom is -0.335 e. The molecule has 23 heavy (non-hydrogen) atoms. The predicted octanol–water partition coefficient (Wildman–Crippen LogP) is 3.13. The van der Waals surface area contributed by atoms with Gasteiger partial charge in [-0.2, -0.15) is 0 Å². The first kappa shape index (κ1) is 17.5. The van der Waals surface area contributed by atoms with Crippen LogP contribution in [0.15, 0.2) is 42.5 Å². The minimum absolute atomic E-state index is 0.00611. The Morgan fingerprint density at radius 3 is 2.39 bits per heavy atom. The zero-order chi connectivity index (χ0) is 17.0. The van der Waals surface area contributed by atoms with E-state index in [0.29, 0.717) is 12.1 Å². The number of rotatable bonds is 6. The molecule has 5 heteroatoms.